The number of likely N-dealkylation sites (tertiary alicyclic amines) is 1. The van der Waals surface area contributed by atoms with Crippen molar-refractivity contribution in [2.24, 2.45) is 5.92 Å². The zero-order chi connectivity index (χ0) is 13.0. The van der Waals surface area contributed by atoms with Crippen LogP contribution in [0.1, 0.15) is 40.0 Å². The first-order valence-corrected chi connectivity index (χ1v) is 6.25. The summed E-state index contributed by atoms with van der Waals surface area (Å²) in [5.74, 6) is -0.467. The predicted octanol–water partition coefficient (Wildman–Crippen LogP) is 1.68. The van der Waals surface area contributed by atoms with E-state index in [0.717, 1.165) is 12.8 Å². The molecule has 1 fully saturated rings. The molecule has 1 aliphatic heterocycles. The minimum Gasteiger partial charge on any atom is -0.480 e. The highest BCUT2D eigenvalue weighted by Crippen LogP contribution is 2.22. The zero-order valence-electron chi connectivity index (χ0n) is 10.8. The second kappa shape index (κ2) is 5.89. The van der Waals surface area contributed by atoms with Gasteiger partial charge in [0.05, 0.1) is 0 Å². The molecule has 1 rings (SSSR count). The van der Waals surface area contributed by atoms with Crippen LogP contribution in [0, 0.1) is 5.92 Å². The second-order valence-corrected chi connectivity index (χ2v) is 4.97. The minimum absolute atomic E-state index is 0.195. The summed E-state index contributed by atoms with van der Waals surface area (Å²) in [7, 11) is 0. The third-order valence-electron chi connectivity index (χ3n) is 3.22. The number of hydrogen-bond acceptors (Lipinski definition) is 2. The number of rotatable bonds is 4. The summed E-state index contributed by atoms with van der Waals surface area (Å²) < 4.78 is 0. The fourth-order valence-electron chi connectivity index (χ4n) is 2.36. The van der Waals surface area contributed by atoms with E-state index < -0.39 is 12.0 Å². The molecular weight excluding hydrogens is 220 g/mol. The Labute approximate surface area is 102 Å². The van der Waals surface area contributed by atoms with Crippen LogP contribution in [0.3, 0.4) is 0 Å². The first-order chi connectivity index (χ1) is 7.95. The Morgan fingerprint density at radius 1 is 1.47 bits per heavy atom. The van der Waals surface area contributed by atoms with Crippen molar-refractivity contribution in [3.8, 4) is 0 Å². The van der Waals surface area contributed by atoms with E-state index in [1.165, 1.54) is 0 Å². The van der Waals surface area contributed by atoms with Crippen molar-refractivity contribution < 1.29 is 14.7 Å². The Bertz CT molecular complexity index is 293. The molecule has 0 aromatic heterocycles. The van der Waals surface area contributed by atoms with Crippen LogP contribution < -0.4 is 5.32 Å². The average molecular weight is 242 g/mol. The summed E-state index contributed by atoms with van der Waals surface area (Å²) >= 11 is 0. The fraction of sp³-hybridized carbons (Fsp3) is 0.833. The maximum atomic E-state index is 11.9. The van der Waals surface area contributed by atoms with Crippen molar-refractivity contribution >= 4 is 12.0 Å². The van der Waals surface area contributed by atoms with Crippen molar-refractivity contribution in [1.29, 1.82) is 0 Å². The maximum absolute atomic E-state index is 11.9. The number of nitrogens with one attached hydrogen (secondary N) is 1. The summed E-state index contributed by atoms with van der Waals surface area (Å²) in [5.41, 5.74) is 0. The highest BCUT2D eigenvalue weighted by Gasteiger charge is 2.31. The molecule has 2 unspecified atom stereocenters. The van der Waals surface area contributed by atoms with Crippen molar-refractivity contribution in [2.45, 2.75) is 52.1 Å². The molecule has 3 atom stereocenters. The molecule has 0 aromatic rings. The maximum Gasteiger partial charge on any atom is 0.326 e. The smallest absolute Gasteiger partial charge is 0.326 e. The van der Waals surface area contributed by atoms with Crippen LogP contribution in [0.4, 0.5) is 4.79 Å². The van der Waals surface area contributed by atoms with Gasteiger partial charge in [-0.1, -0.05) is 20.3 Å². The van der Waals surface area contributed by atoms with E-state index in [-0.39, 0.29) is 12.1 Å². The normalized spacial score (nSPS) is 25.7. The molecule has 0 aromatic carbocycles. The summed E-state index contributed by atoms with van der Waals surface area (Å²) in [6, 6.07) is -0.820. The number of amides is 2. The van der Waals surface area contributed by atoms with Gasteiger partial charge in [0, 0.05) is 12.6 Å². The lowest BCUT2D eigenvalue weighted by molar-refractivity contribution is -0.139. The third-order valence-corrected chi connectivity index (χ3v) is 3.22. The van der Waals surface area contributed by atoms with Gasteiger partial charge < -0.3 is 15.3 Å². The summed E-state index contributed by atoms with van der Waals surface area (Å²) in [4.78, 5) is 24.6. The highest BCUT2D eigenvalue weighted by molar-refractivity contribution is 5.82. The van der Waals surface area contributed by atoms with Crippen molar-refractivity contribution in [2.75, 3.05) is 6.54 Å². The lowest BCUT2D eigenvalue weighted by Crippen LogP contribution is -2.49. The van der Waals surface area contributed by atoms with Crippen LogP contribution in [0.2, 0.25) is 0 Å². The largest absolute Gasteiger partial charge is 0.480 e. The Hall–Kier alpha value is -1.26. The Kier molecular flexibility index (Phi) is 4.78. The minimum atomic E-state index is -0.958. The molecule has 1 saturated heterocycles. The van der Waals surface area contributed by atoms with Gasteiger partial charge in [0.2, 0.25) is 0 Å². The molecule has 17 heavy (non-hydrogen) atoms. The van der Waals surface area contributed by atoms with Crippen LogP contribution in [0.15, 0.2) is 0 Å². The summed E-state index contributed by atoms with van der Waals surface area (Å²) in [5, 5.41) is 11.6. The van der Waals surface area contributed by atoms with Gasteiger partial charge in [-0.25, -0.2) is 9.59 Å². The van der Waals surface area contributed by atoms with Gasteiger partial charge in [0.25, 0.3) is 0 Å². The number of aliphatic carboxylic acids is 1. The monoisotopic (exact) mass is 242 g/mol. The summed E-state index contributed by atoms with van der Waals surface area (Å²) in [6.07, 6.45) is 2.20. The van der Waals surface area contributed by atoms with E-state index in [4.69, 9.17) is 5.11 Å². The third kappa shape index (κ3) is 3.61. The van der Waals surface area contributed by atoms with E-state index in [9.17, 15) is 9.59 Å². The lowest BCUT2D eigenvalue weighted by atomic mass is 10.1. The first-order valence-electron chi connectivity index (χ1n) is 6.25. The number of carbonyl (C=O) groups is 2. The fourth-order valence-corrected chi connectivity index (χ4v) is 2.36. The number of urea groups is 1. The molecule has 0 radical (unpaired) electrons. The van der Waals surface area contributed by atoms with Gasteiger partial charge in [-0.15, -0.1) is 0 Å². The molecular formula is C12H22N2O3. The molecule has 5 nitrogen and oxygen atoms in total. The quantitative estimate of drug-likeness (QED) is 0.788. The van der Waals surface area contributed by atoms with Crippen LogP contribution in [0.25, 0.3) is 0 Å². The van der Waals surface area contributed by atoms with Gasteiger partial charge >= 0.3 is 12.0 Å². The number of carboxylic acids is 1. The van der Waals surface area contributed by atoms with Crippen LogP contribution >= 0.6 is 0 Å². The Balaban J connectivity index is 2.55. The number of carboxylic acid groups (broad SMARTS) is 1. The molecule has 0 spiro atoms. The van der Waals surface area contributed by atoms with Crippen molar-refractivity contribution in [3.63, 3.8) is 0 Å². The van der Waals surface area contributed by atoms with E-state index in [2.05, 4.69) is 12.2 Å². The second-order valence-electron chi connectivity index (χ2n) is 4.97. The van der Waals surface area contributed by atoms with Gasteiger partial charge in [-0.2, -0.15) is 0 Å². The lowest BCUT2D eigenvalue weighted by Gasteiger charge is -2.24. The predicted molar refractivity (Wildman–Crippen MR) is 64.8 cm³/mol. The van der Waals surface area contributed by atoms with Crippen LogP contribution in [-0.4, -0.2) is 40.6 Å². The number of nitrogens with zero attached hydrogens (tertiary/aromatic N) is 1. The average Bonchev–Trinajstić information content (AvgIpc) is 2.57. The zero-order valence-corrected chi connectivity index (χ0v) is 10.8. The molecule has 0 saturated carbocycles. The molecule has 2 amide bonds. The topological polar surface area (TPSA) is 69.6 Å². The molecule has 2 N–H and O–H groups in total. The first kappa shape index (κ1) is 13.8. The molecule has 0 aliphatic carbocycles. The number of carbonyl (C=O) groups excluding carboxylic acids is 1. The Morgan fingerprint density at radius 3 is 2.53 bits per heavy atom. The van der Waals surface area contributed by atoms with Gasteiger partial charge in [-0.05, 0) is 25.7 Å². The molecule has 5 heteroatoms. The molecule has 1 aliphatic rings. The number of hydrogen-bond donors (Lipinski definition) is 2. The van der Waals surface area contributed by atoms with Gasteiger partial charge in [-0.3, -0.25) is 0 Å². The summed E-state index contributed by atoms with van der Waals surface area (Å²) in [6.45, 7) is 6.72. The molecule has 1 heterocycles. The molecule has 98 valence electrons. The van der Waals surface area contributed by atoms with Crippen LogP contribution in [0.5, 0.6) is 0 Å². The van der Waals surface area contributed by atoms with E-state index >= 15 is 0 Å². The Morgan fingerprint density at radius 2 is 2.12 bits per heavy atom. The SMILES string of the molecule is CCC[C@@H](NC(=O)N1CC(C)CC1C)C(=O)O. The standard InChI is InChI=1S/C12H22N2O3/c1-4-5-10(11(15)16)13-12(17)14-7-8(2)6-9(14)3/h8-10H,4-7H2,1-3H3,(H,13,17)(H,15,16)/t8?,9?,10-/m1/s1. The van der Waals surface area contributed by atoms with Crippen molar-refractivity contribution in [3.05, 3.63) is 0 Å². The highest BCUT2D eigenvalue weighted by atomic mass is 16.4. The van der Waals surface area contributed by atoms with E-state index in [1.54, 1.807) is 4.90 Å². The molecule has 0 bridgehead atoms. The van der Waals surface area contributed by atoms with Gasteiger partial charge in [0.15, 0.2) is 0 Å². The van der Waals surface area contributed by atoms with Crippen molar-refractivity contribution in [1.82, 2.24) is 10.2 Å². The van der Waals surface area contributed by atoms with E-state index in [1.807, 2.05) is 13.8 Å². The van der Waals surface area contributed by atoms with E-state index in [0.29, 0.717) is 18.9 Å². The van der Waals surface area contributed by atoms with Crippen LogP contribution in [-0.2, 0) is 4.79 Å². The van der Waals surface area contributed by atoms with Gasteiger partial charge in [0.1, 0.15) is 6.04 Å².